The topological polar surface area (TPSA) is 0 Å². The molecule has 0 spiro atoms. The van der Waals surface area contributed by atoms with Crippen molar-refractivity contribution in [3.63, 3.8) is 0 Å². The van der Waals surface area contributed by atoms with E-state index in [0.717, 1.165) is 21.9 Å². The molecule has 0 saturated heterocycles. The summed E-state index contributed by atoms with van der Waals surface area (Å²) >= 11 is 0. The Morgan fingerprint density at radius 3 is 0.818 bits per heavy atom. The molecule has 326 valence electrons. The van der Waals surface area contributed by atoms with Crippen molar-refractivity contribution < 1.29 is 44.8 Å². The first-order valence-corrected chi connectivity index (χ1v) is 25.1. The SMILES string of the molecule is [Ag+].[Ag+].[C-]#Cc1cccc2c(-c3ccccc3)cccc12.[C-]#Cc1cccc2c(-c3ccccc3)cccc12.c1ccc([PH+](CC[PH+](c2ccccc2)c2ccccc2)c2ccccc2)cc1. The minimum atomic E-state index is -0.783. The van der Waals surface area contributed by atoms with Crippen LogP contribution in [-0.4, -0.2) is 12.3 Å². The summed E-state index contributed by atoms with van der Waals surface area (Å²) in [5.74, 6) is 5.00. The average Bonchev–Trinajstić information content (AvgIpc) is 3.39. The zero-order valence-electron chi connectivity index (χ0n) is 36.3. The Balaban J connectivity index is 0.000000167. The second kappa shape index (κ2) is 25.8. The van der Waals surface area contributed by atoms with Gasteiger partial charge >= 0.3 is 44.8 Å². The number of hydrogen-bond donors (Lipinski definition) is 0. The van der Waals surface area contributed by atoms with E-state index in [1.54, 1.807) is 0 Å². The predicted molar refractivity (Wildman–Crippen MR) is 282 cm³/mol. The van der Waals surface area contributed by atoms with Gasteiger partial charge in [0.15, 0.2) is 0 Å². The van der Waals surface area contributed by atoms with Crippen molar-refractivity contribution in [3.05, 3.63) is 279 Å². The van der Waals surface area contributed by atoms with Gasteiger partial charge < -0.3 is 12.8 Å². The smallest absolute Gasteiger partial charge is 0.366 e. The molecule has 0 unspecified atom stereocenters. The molecular weight excluding hydrogens is 1020 g/mol. The molecule has 0 aliphatic heterocycles. The van der Waals surface area contributed by atoms with Gasteiger partial charge in [-0.15, -0.1) is 23.3 Å². The molecule has 0 amide bonds. The zero-order chi connectivity index (χ0) is 43.8. The molecule has 0 heterocycles. The van der Waals surface area contributed by atoms with E-state index in [-0.39, 0.29) is 44.8 Å². The fourth-order valence-electron chi connectivity index (χ4n) is 8.29. The van der Waals surface area contributed by atoms with Crippen molar-refractivity contribution in [2.75, 3.05) is 12.3 Å². The van der Waals surface area contributed by atoms with Crippen LogP contribution in [-0.2, 0) is 44.8 Å². The van der Waals surface area contributed by atoms with Gasteiger partial charge in [0.05, 0.1) is 37.1 Å². The quantitative estimate of drug-likeness (QED) is 0.0585. The molecule has 0 N–H and O–H groups in total. The summed E-state index contributed by atoms with van der Waals surface area (Å²) in [5.41, 5.74) is 6.47. The first-order chi connectivity index (χ1) is 31.7. The maximum atomic E-state index is 7.35. The van der Waals surface area contributed by atoms with Gasteiger partial charge in [0.1, 0.15) is 12.3 Å². The van der Waals surface area contributed by atoms with Crippen LogP contribution in [0.1, 0.15) is 11.1 Å². The fourth-order valence-corrected chi connectivity index (χ4v) is 14.5. The molecule has 10 aromatic carbocycles. The Hall–Kier alpha value is -5.82. The van der Waals surface area contributed by atoms with E-state index >= 15 is 0 Å². The van der Waals surface area contributed by atoms with Gasteiger partial charge in [-0.25, -0.2) is 0 Å². The number of rotatable bonds is 9. The third-order valence-electron chi connectivity index (χ3n) is 11.4. The van der Waals surface area contributed by atoms with Crippen LogP contribution in [0.25, 0.3) is 43.8 Å². The van der Waals surface area contributed by atoms with Crippen molar-refractivity contribution in [2.24, 2.45) is 0 Å². The summed E-state index contributed by atoms with van der Waals surface area (Å²) in [6.45, 7) is 0. The van der Waals surface area contributed by atoms with Gasteiger partial charge in [0, 0.05) is 0 Å². The van der Waals surface area contributed by atoms with Crippen molar-refractivity contribution in [3.8, 4) is 34.1 Å². The summed E-state index contributed by atoms with van der Waals surface area (Å²) in [4.78, 5) is 0. The molecule has 0 aliphatic carbocycles. The van der Waals surface area contributed by atoms with Crippen LogP contribution in [0.15, 0.2) is 255 Å². The molecule has 10 rings (SSSR count). The van der Waals surface area contributed by atoms with Crippen molar-refractivity contribution in [2.45, 2.75) is 0 Å². The molecule has 0 nitrogen and oxygen atoms in total. The van der Waals surface area contributed by atoms with E-state index in [1.807, 2.05) is 84.9 Å². The first kappa shape index (κ1) is 49.6. The largest absolute Gasteiger partial charge is 1.00 e. The molecule has 0 fully saturated rings. The Kier molecular flexibility index (Phi) is 19.4. The Morgan fingerprint density at radius 2 is 0.530 bits per heavy atom. The van der Waals surface area contributed by atoms with E-state index in [1.165, 1.54) is 66.6 Å². The van der Waals surface area contributed by atoms with E-state index in [0.29, 0.717) is 0 Å². The Morgan fingerprint density at radius 1 is 0.273 bits per heavy atom. The monoisotopic (exact) mass is 1070 g/mol. The van der Waals surface area contributed by atoms with Gasteiger partial charge in [0.25, 0.3) is 0 Å². The second-order valence-corrected chi connectivity index (χ2v) is 20.5. The molecule has 66 heavy (non-hydrogen) atoms. The molecule has 0 radical (unpaired) electrons. The summed E-state index contributed by atoms with van der Waals surface area (Å²) in [5, 5.41) is 10.6. The van der Waals surface area contributed by atoms with Crippen LogP contribution in [0.2, 0.25) is 0 Å². The number of fused-ring (bicyclic) bond motifs is 2. The normalized spacial score (nSPS) is 10.2. The maximum Gasteiger partial charge on any atom is 1.00 e. The first-order valence-electron chi connectivity index (χ1n) is 21.6. The number of benzene rings is 10. The fraction of sp³-hybridized carbons (Fsp3) is 0.0323. The molecule has 0 atom stereocenters. The van der Waals surface area contributed by atoms with Crippen LogP contribution in [0.3, 0.4) is 0 Å². The van der Waals surface area contributed by atoms with Crippen LogP contribution in [0, 0.1) is 24.7 Å². The van der Waals surface area contributed by atoms with Gasteiger partial charge in [0.2, 0.25) is 0 Å². The van der Waals surface area contributed by atoms with E-state index in [9.17, 15) is 0 Å². The summed E-state index contributed by atoms with van der Waals surface area (Å²) in [6.07, 6.45) is 17.2. The summed E-state index contributed by atoms with van der Waals surface area (Å²) < 4.78 is 0. The Labute approximate surface area is 425 Å². The van der Waals surface area contributed by atoms with Crippen LogP contribution in [0.5, 0.6) is 0 Å². The third-order valence-corrected chi connectivity index (χ3v) is 17.5. The molecule has 10 aromatic rings. The molecule has 4 heteroatoms. The van der Waals surface area contributed by atoms with Crippen LogP contribution in [0.4, 0.5) is 0 Å². The molecule has 0 saturated carbocycles. The van der Waals surface area contributed by atoms with Crippen LogP contribution < -0.4 is 21.2 Å². The minimum Gasteiger partial charge on any atom is -0.366 e. The van der Waals surface area contributed by atoms with Gasteiger partial charge in [-0.05, 0) is 81.6 Å². The van der Waals surface area contributed by atoms with Gasteiger partial charge in [-0.1, -0.05) is 205 Å². The second-order valence-electron chi connectivity index (χ2n) is 15.3. The van der Waals surface area contributed by atoms with Gasteiger partial charge in [-0.2, -0.15) is 0 Å². The van der Waals surface area contributed by atoms with Crippen molar-refractivity contribution >= 4 is 58.6 Å². The third kappa shape index (κ3) is 12.5. The van der Waals surface area contributed by atoms with E-state index < -0.39 is 15.8 Å². The summed E-state index contributed by atoms with van der Waals surface area (Å²) in [6, 6.07) is 89.5. The standard InChI is InChI=1S/C26H24P2.2C18H11.2Ag/c1-5-13-23(14-6-1)27(24-15-7-2-8-16-24)21-22-28(25-17-9-3-10-18-25)26-19-11-4-12-20-26;2*1-2-14-10-6-13-18-16(14)11-7-12-17(18)15-8-4-3-5-9-15;;/h1-20H,21-22H2;2*3-13H;;/q;2*-1;2*+1/p+2. The molecule has 0 aromatic heterocycles. The summed E-state index contributed by atoms with van der Waals surface area (Å²) in [7, 11) is -1.57. The number of hydrogen-bond acceptors (Lipinski definition) is 0. The van der Waals surface area contributed by atoms with E-state index in [2.05, 4.69) is 182 Å². The zero-order valence-corrected chi connectivity index (χ0v) is 41.2. The minimum absolute atomic E-state index is 0. The Bertz CT molecular complexity index is 2820. The molecule has 0 aliphatic rings. The average molecular weight is 1070 g/mol. The molecular formula is C62H48Ag2P2+2. The van der Waals surface area contributed by atoms with Gasteiger partial charge in [-0.3, -0.25) is 11.8 Å². The van der Waals surface area contributed by atoms with Crippen molar-refractivity contribution in [1.82, 2.24) is 0 Å². The predicted octanol–water partition coefficient (Wildman–Crippen LogP) is 13.6. The van der Waals surface area contributed by atoms with Crippen LogP contribution >= 0.6 is 15.8 Å². The van der Waals surface area contributed by atoms with E-state index in [4.69, 9.17) is 12.8 Å². The molecule has 0 bridgehead atoms. The maximum absolute atomic E-state index is 7.35. The van der Waals surface area contributed by atoms with Crippen molar-refractivity contribution in [1.29, 1.82) is 0 Å².